The fourth-order valence-corrected chi connectivity index (χ4v) is 2.02. The van der Waals surface area contributed by atoms with Crippen molar-refractivity contribution in [2.45, 2.75) is 19.8 Å². The van der Waals surface area contributed by atoms with Crippen LogP contribution in [0.15, 0.2) is 48.5 Å². The Hall–Kier alpha value is -2.47. The first-order chi connectivity index (χ1) is 9.60. The van der Waals surface area contributed by atoms with Crippen molar-refractivity contribution in [1.82, 2.24) is 0 Å². The Morgan fingerprint density at radius 2 is 1.45 bits per heavy atom. The van der Waals surface area contributed by atoms with Gasteiger partial charge in [0.1, 0.15) is 11.5 Å². The summed E-state index contributed by atoms with van der Waals surface area (Å²) in [4.78, 5) is 0. The van der Waals surface area contributed by atoms with Crippen LogP contribution < -0.4 is 10.5 Å². The highest BCUT2D eigenvalue weighted by atomic mass is 16.5. The van der Waals surface area contributed by atoms with E-state index in [2.05, 4.69) is 6.07 Å². The summed E-state index contributed by atoms with van der Waals surface area (Å²) in [5.41, 5.74) is 7.36. The molecule has 3 heteroatoms. The molecule has 0 aliphatic heterocycles. The molecule has 0 bridgehead atoms. The molecule has 20 heavy (non-hydrogen) atoms. The summed E-state index contributed by atoms with van der Waals surface area (Å²) in [5.74, 6) is 1.70. The molecule has 0 aliphatic carbocycles. The molecule has 0 aromatic heterocycles. The van der Waals surface area contributed by atoms with Crippen molar-refractivity contribution in [1.29, 1.82) is 5.26 Å². The van der Waals surface area contributed by atoms with E-state index in [1.807, 2.05) is 50.2 Å². The summed E-state index contributed by atoms with van der Waals surface area (Å²) in [6.07, 6.45) is 0. The van der Waals surface area contributed by atoms with E-state index in [0.717, 1.165) is 17.1 Å². The molecular formula is C17H18N2O. The Labute approximate surface area is 119 Å². The summed E-state index contributed by atoms with van der Waals surface area (Å²) in [6, 6.07) is 17.3. The number of nitriles is 1. The Morgan fingerprint density at radius 1 is 0.950 bits per heavy atom. The van der Waals surface area contributed by atoms with Crippen LogP contribution in [0.4, 0.5) is 5.69 Å². The van der Waals surface area contributed by atoms with Gasteiger partial charge in [0.2, 0.25) is 0 Å². The summed E-state index contributed by atoms with van der Waals surface area (Å²) in [5, 5.41) is 9.19. The van der Waals surface area contributed by atoms with Gasteiger partial charge in [-0.1, -0.05) is 26.0 Å². The first-order valence-corrected chi connectivity index (χ1v) is 6.63. The number of anilines is 1. The number of nitrogens with zero attached hydrogens (tertiary/aromatic N) is 1. The number of nitrogens with two attached hydrogens (primary N) is 1. The van der Waals surface area contributed by atoms with Crippen LogP contribution >= 0.6 is 0 Å². The third kappa shape index (κ3) is 3.30. The summed E-state index contributed by atoms with van der Waals surface area (Å²) < 4.78 is 5.72. The minimum absolute atomic E-state index is 0.0828. The van der Waals surface area contributed by atoms with Gasteiger partial charge in [-0.15, -0.1) is 0 Å². The van der Waals surface area contributed by atoms with E-state index in [1.54, 1.807) is 12.1 Å². The predicted octanol–water partition coefficient (Wildman–Crippen LogP) is 4.32. The Kier molecular flexibility index (Phi) is 4.27. The largest absolute Gasteiger partial charge is 0.457 e. The molecule has 0 saturated carbocycles. The van der Waals surface area contributed by atoms with Crippen LogP contribution in [0.2, 0.25) is 0 Å². The quantitative estimate of drug-likeness (QED) is 0.838. The van der Waals surface area contributed by atoms with E-state index in [0.29, 0.717) is 11.6 Å². The highest BCUT2D eigenvalue weighted by Gasteiger charge is 2.14. The zero-order valence-corrected chi connectivity index (χ0v) is 11.7. The van der Waals surface area contributed by atoms with Crippen LogP contribution in [0.5, 0.6) is 11.5 Å². The highest BCUT2D eigenvalue weighted by Crippen LogP contribution is 2.27. The van der Waals surface area contributed by atoms with Gasteiger partial charge in [0.15, 0.2) is 0 Å². The van der Waals surface area contributed by atoms with Gasteiger partial charge in [0.25, 0.3) is 0 Å². The molecule has 2 aromatic rings. The second kappa shape index (κ2) is 6.12. The highest BCUT2D eigenvalue weighted by molar-refractivity contribution is 5.43. The lowest BCUT2D eigenvalue weighted by Crippen LogP contribution is -2.03. The van der Waals surface area contributed by atoms with Gasteiger partial charge >= 0.3 is 0 Å². The molecule has 3 nitrogen and oxygen atoms in total. The lowest BCUT2D eigenvalue weighted by Gasteiger charge is -2.14. The second-order valence-electron chi connectivity index (χ2n) is 5.09. The van der Waals surface area contributed by atoms with Crippen LogP contribution in [0.3, 0.4) is 0 Å². The lowest BCUT2D eigenvalue weighted by atomic mass is 9.90. The van der Waals surface area contributed by atoms with Crippen LogP contribution in [0.1, 0.15) is 25.3 Å². The van der Waals surface area contributed by atoms with Gasteiger partial charge in [0.05, 0.1) is 12.0 Å². The van der Waals surface area contributed by atoms with E-state index >= 15 is 0 Å². The summed E-state index contributed by atoms with van der Waals surface area (Å²) in [6.45, 7) is 4.10. The molecule has 2 N–H and O–H groups in total. The molecule has 102 valence electrons. The fraction of sp³-hybridized carbons (Fsp3) is 0.235. The Balaban J connectivity index is 2.12. The normalized spacial score (nSPS) is 11.9. The van der Waals surface area contributed by atoms with Crippen molar-refractivity contribution >= 4 is 5.69 Å². The van der Waals surface area contributed by atoms with E-state index in [1.165, 1.54) is 0 Å². The maximum atomic E-state index is 9.19. The molecule has 0 amide bonds. The van der Waals surface area contributed by atoms with Crippen molar-refractivity contribution in [2.75, 3.05) is 5.73 Å². The van der Waals surface area contributed by atoms with Gasteiger partial charge in [-0.25, -0.2) is 0 Å². The lowest BCUT2D eigenvalue weighted by molar-refractivity contribution is 0.482. The molecule has 0 saturated heterocycles. The molecule has 1 unspecified atom stereocenters. The molecular weight excluding hydrogens is 248 g/mol. The Morgan fingerprint density at radius 3 is 1.90 bits per heavy atom. The zero-order valence-electron chi connectivity index (χ0n) is 11.7. The first-order valence-electron chi connectivity index (χ1n) is 6.63. The van der Waals surface area contributed by atoms with Crippen LogP contribution in [-0.2, 0) is 0 Å². The minimum Gasteiger partial charge on any atom is -0.457 e. The molecule has 2 rings (SSSR count). The maximum Gasteiger partial charge on any atom is 0.127 e. The number of hydrogen-bond acceptors (Lipinski definition) is 3. The average molecular weight is 266 g/mol. The van der Waals surface area contributed by atoms with Gasteiger partial charge in [0, 0.05) is 5.69 Å². The molecule has 0 aliphatic rings. The van der Waals surface area contributed by atoms with E-state index < -0.39 is 0 Å². The standard InChI is InChI=1S/C17H18N2O/c1-12(2)17(11-18)13-3-7-15(8-4-13)20-16-9-5-14(19)6-10-16/h3-10,12,17H,19H2,1-2H3. The van der Waals surface area contributed by atoms with Crippen LogP contribution in [0.25, 0.3) is 0 Å². The second-order valence-corrected chi connectivity index (χ2v) is 5.09. The molecule has 0 heterocycles. The molecule has 0 spiro atoms. The molecule has 0 fully saturated rings. The first kappa shape index (κ1) is 14.0. The van der Waals surface area contributed by atoms with Crippen LogP contribution in [-0.4, -0.2) is 0 Å². The fourth-order valence-electron chi connectivity index (χ4n) is 2.02. The maximum absolute atomic E-state index is 9.19. The smallest absolute Gasteiger partial charge is 0.127 e. The minimum atomic E-state index is -0.0828. The number of benzene rings is 2. The summed E-state index contributed by atoms with van der Waals surface area (Å²) in [7, 11) is 0. The van der Waals surface area contributed by atoms with Gasteiger partial charge in [-0.3, -0.25) is 0 Å². The number of hydrogen-bond donors (Lipinski definition) is 1. The van der Waals surface area contributed by atoms with E-state index in [4.69, 9.17) is 10.5 Å². The predicted molar refractivity (Wildman–Crippen MR) is 80.6 cm³/mol. The molecule has 0 radical (unpaired) electrons. The van der Waals surface area contributed by atoms with Gasteiger partial charge in [-0.2, -0.15) is 5.26 Å². The van der Waals surface area contributed by atoms with Gasteiger partial charge < -0.3 is 10.5 Å². The average Bonchev–Trinajstić information content (AvgIpc) is 2.44. The van der Waals surface area contributed by atoms with Crippen molar-refractivity contribution < 1.29 is 4.74 Å². The monoisotopic (exact) mass is 266 g/mol. The Bertz CT molecular complexity index is 594. The van der Waals surface area contributed by atoms with Crippen molar-refractivity contribution in [3.05, 3.63) is 54.1 Å². The topological polar surface area (TPSA) is 59.0 Å². The SMILES string of the molecule is CC(C)C(C#N)c1ccc(Oc2ccc(N)cc2)cc1. The van der Waals surface area contributed by atoms with Crippen molar-refractivity contribution in [3.8, 4) is 17.6 Å². The van der Waals surface area contributed by atoms with E-state index in [9.17, 15) is 5.26 Å². The number of nitrogen functional groups attached to an aromatic ring is 1. The summed E-state index contributed by atoms with van der Waals surface area (Å²) >= 11 is 0. The van der Waals surface area contributed by atoms with E-state index in [-0.39, 0.29) is 5.92 Å². The molecule has 2 aromatic carbocycles. The van der Waals surface area contributed by atoms with Crippen LogP contribution in [0, 0.1) is 17.2 Å². The van der Waals surface area contributed by atoms with Crippen molar-refractivity contribution in [3.63, 3.8) is 0 Å². The van der Waals surface area contributed by atoms with Crippen molar-refractivity contribution in [2.24, 2.45) is 5.92 Å². The molecule has 1 atom stereocenters. The third-order valence-electron chi connectivity index (χ3n) is 3.16. The number of ether oxygens (including phenoxy) is 1. The van der Waals surface area contributed by atoms with Gasteiger partial charge in [-0.05, 0) is 47.9 Å². The third-order valence-corrected chi connectivity index (χ3v) is 3.16. The zero-order chi connectivity index (χ0) is 14.5. The number of rotatable bonds is 4.